The maximum absolute atomic E-state index is 14.5. The first-order chi connectivity index (χ1) is 12.7. The number of phenols is 1. The van der Waals surface area contributed by atoms with Crippen LogP contribution in [0, 0.1) is 17.7 Å². The number of aromatic hydroxyl groups is 1. The molecule has 2 N–H and O–H groups in total. The molecule has 1 aromatic rings. The molecule has 0 bridgehead atoms. The molecule has 1 aromatic carbocycles. The molecular formula is C18H26FN3O4S. The van der Waals surface area contributed by atoms with Gasteiger partial charge in [0, 0.05) is 13.1 Å². The Morgan fingerprint density at radius 2 is 2.11 bits per heavy atom. The van der Waals surface area contributed by atoms with E-state index < -0.39 is 39.9 Å². The van der Waals surface area contributed by atoms with Gasteiger partial charge < -0.3 is 10.0 Å². The third-order valence-corrected chi connectivity index (χ3v) is 6.38. The molecule has 1 unspecified atom stereocenters. The second-order valence-electron chi connectivity index (χ2n) is 7.83. The largest absolute Gasteiger partial charge is 0.506 e. The van der Waals surface area contributed by atoms with Gasteiger partial charge in [0.15, 0.2) is 5.82 Å². The second-order valence-corrected chi connectivity index (χ2v) is 9.42. The highest BCUT2D eigenvalue weighted by atomic mass is 32.2. The Labute approximate surface area is 159 Å². The molecule has 0 radical (unpaired) electrons. The first-order valence-electron chi connectivity index (χ1n) is 9.22. The number of halogens is 1. The maximum atomic E-state index is 14.5. The van der Waals surface area contributed by atoms with Crippen LogP contribution in [0.25, 0.3) is 0 Å². The van der Waals surface area contributed by atoms with E-state index in [1.165, 1.54) is 12.1 Å². The Hall–Kier alpha value is -1.87. The topological polar surface area (TPSA) is 89.9 Å². The van der Waals surface area contributed by atoms with E-state index in [1.54, 1.807) is 4.72 Å². The lowest BCUT2D eigenvalue weighted by atomic mass is 9.98. The van der Waals surface area contributed by atoms with Crippen LogP contribution in [0.15, 0.2) is 12.1 Å². The number of phenolic OH excluding ortho intramolecular Hbond substituents is 1. The molecule has 2 heterocycles. The highest BCUT2D eigenvalue weighted by Gasteiger charge is 2.37. The van der Waals surface area contributed by atoms with Gasteiger partial charge in [-0.2, -0.15) is 8.42 Å². The number of carbonyl (C=O) groups is 1. The second kappa shape index (κ2) is 7.63. The average molecular weight is 399 g/mol. The van der Waals surface area contributed by atoms with E-state index in [-0.39, 0.29) is 0 Å². The van der Waals surface area contributed by atoms with E-state index in [1.807, 2.05) is 0 Å². The number of nitrogens with zero attached hydrogens (tertiary/aromatic N) is 2. The predicted molar refractivity (Wildman–Crippen MR) is 100 cm³/mol. The summed E-state index contributed by atoms with van der Waals surface area (Å²) in [6.07, 6.45) is 2.60. The number of hydrogen-bond donors (Lipinski definition) is 2. The molecule has 9 heteroatoms. The van der Waals surface area contributed by atoms with Crippen LogP contribution in [-0.4, -0.2) is 50.5 Å². The number of amides is 1. The number of nitrogens with one attached hydrogen (secondary N) is 1. The van der Waals surface area contributed by atoms with E-state index in [4.69, 9.17) is 0 Å². The molecule has 0 saturated carbocycles. The summed E-state index contributed by atoms with van der Waals surface area (Å²) in [7, 11) is -4.16. The number of aryl methyl sites for hydroxylation is 1. The molecule has 0 aliphatic carbocycles. The van der Waals surface area contributed by atoms with Gasteiger partial charge in [-0.25, -0.2) is 13.4 Å². The fraction of sp³-hybridized carbons (Fsp3) is 0.611. The van der Waals surface area contributed by atoms with Crippen LogP contribution in [0.2, 0.25) is 0 Å². The number of benzene rings is 1. The highest BCUT2D eigenvalue weighted by molar-refractivity contribution is 7.92. The lowest BCUT2D eigenvalue weighted by Crippen LogP contribution is -2.30. The summed E-state index contributed by atoms with van der Waals surface area (Å²) in [5.41, 5.74) is 0.132. The molecule has 2 aliphatic rings. The summed E-state index contributed by atoms with van der Waals surface area (Å²) in [4.78, 5) is 13.8. The van der Waals surface area contributed by atoms with Crippen LogP contribution in [-0.2, 0) is 21.4 Å². The van der Waals surface area contributed by atoms with Crippen molar-refractivity contribution in [1.29, 1.82) is 0 Å². The fourth-order valence-electron chi connectivity index (χ4n) is 3.88. The molecule has 2 saturated heterocycles. The van der Waals surface area contributed by atoms with Crippen molar-refractivity contribution in [3.8, 4) is 5.75 Å². The summed E-state index contributed by atoms with van der Waals surface area (Å²) in [5, 5.41) is 10.2. The van der Waals surface area contributed by atoms with E-state index in [9.17, 15) is 22.7 Å². The third-order valence-electron chi connectivity index (χ3n) is 5.01. The van der Waals surface area contributed by atoms with Crippen LogP contribution < -0.4 is 9.03 Å². The van der Waals surface area contributed by atoms with Crippen molar-refractivity contribution in [3.63, 3.8) is 0 Å². The molecule has 1 amide bonds. The van der Waals surface area contributed by atoms with Crippen molar-refractivity contribution in [2.75, 3.05) is 30.5 Å². The Morgan fingerprint density at radius 3 is 2.70 bits per heavy atom. The van der Waals surface area contributed by atoms with Crippen LogP contribution in [0.1, 0.15) is 32.3 Å². The lowest BCUT2D eigenvalue weighted by molar-refractivity contribution is -0.117. The molecule has 7 nitrogen and oxygen atoms in total. The first-order valence-corrected chi connectivity index (χ1v) is 10.7. The molecule has 1 atom stereocenters. The zero-order valence-electron chi connectivity index (χ0n) is 15.6. The molecule has 0 spiro atoms. The molecule has 3 rings (SSSR count). The number of hydrogen-bond acceptors (Lipinski definition) is 5. The van der Waals surface area contributed by atoms with Gasteiger partial charge in [0.2, 0.25) is 0 Å². The van der Waals surface area contributed by atoms with Gasteiger partial charge >= 0.3 is 10.2 Å². The Balaban J connectivity index is 1.66. The van der Waals surface area contributed by atoms with Gasteiger partial charge in [0.1, 0.15) is 18.0 Å². The molecular weight excluding hydrogens is 373 g/mol. The van der Waals surface area contributed by atoms with Crippen LogP contribution in [0.5, 0.6) is 5.75 Å². The van der Waals surface area contributed by atoms with Gasteiger partial charge in [-0.15, -0.1) is 0 Å². The van der Waals surface area contributed by atoms with Crippen LogP contribution in [0.3, 0.4) is 0 Å². The Bertz CT molecular complexity index is 805. The molecule has 2 aliphatic heterocycles. The van der Waals surface area contributed by atoms with Gasteiger partial charge in [0.25, 0.3) is 5.91 Å². The van der Waals surface area contributed by atoms with Crippen molar-refractivity contribution in [2.24, 2.45) is 11.8 Å². The maximum Gasteiger partial charge on any atom is 0.326 e. The standard InChI is InChI=1S/C18H26FN3O4S/c1-12(2)9-21-6-5-13(10-21)3-4-14-7-15(19)18(16(23)8-14)22-11-17(24)20-27(22,25)26/h7-8,12-13,23H,3-6,9-11H2,1-2H3,(H,20,24). The summed E-state index contributed by atoms with van der Waals surface area (Å²) in [5.74, 6) is -0.916. The number of likely N-dealkylation sites (tertiary alicyclic amines) is 1. The van der Waals surface area contributed by atoms with E-state index in [0.29, 0.717) is 28.1 Å². The van der Waals surface area contributed by atoms with Crippen molar-refractivity contribution < 1.29 is 22.7 Å². The zero-order valence-corrected chi connectivity index (χ0v) is 16.4. The van der Waals surface area contributed by atoms with E-state index in [0.717, 1.165) is 32.5 Å². The van der Waals surface area contributed by atoms with Gasteiger partial charge in [-0.3, -0.25) is 4.79 Å². The third kappa shape index (κ3) is 4.52. The SMILES string of the molecule is CC(C)CN1CCC(CCc2cc(O)c(N3CC(=O)NS3(=O)=O)c(F)c2)C1. The molecule has 27 heavy (non-hydrogen) atoms. The summed E-state index contributed by atoms with van der Waals surface area (Å²) in [6.45, 7) is 7.05. The minimum Gasteiger partial charge on any atom is -0.506 e. The smallest absolute Gasteiger partial charge is 0.326 e. The van der Waals surface area contributed by atoms with Crippen LogP contribution in [0.4, 0.5) is 10.1 Å². The first kappa shape index (κ1) is 19.9. The van der Waals surface area contributed by atoms with Gasteiger partial charge in [0.05, 0.1) is 0 Å². The minimum atomic E-state index is -4.16. The van der Waals surface area contributed by atoms with Gasteiger partial charge in [-0.1, -0.05) is 13.8 Å². The summed E-state index contributed by atoms with van der Waals surface area (Å²) < 4.78 is 40.6. The number of rotatable bonds is 6. The van der Waals surface area contributed by atoms with E-state index >= 15 is 0 Å². The van der Waals surface area contributed by atoms with Crippen molar-refractivity contribution >= 4 is 21.8 Å². The van der Waals surface area contributed by atoms with Crippen molar-refractivity contribution in [3.05, 3.63) is 23.5 Å². The lowest BCUT2D eigenvalue weighted by Gasteiger charge is -2.19. The Morgan fingerprint density at radius 1 is 1.37 bits per heavy atom. The quantitative estimate of drug-likeness (QED) is 0.759. The summed E-state index contributed by atoms with van der Waals surface area (Å²) >= 11 is 0. The zero-order chi connectivity index (χ0) is 19.8. The van der Waals surface area contributed by atoms with E-state index in [2.05, 4.69) is 18.7 Å². The van der Waals surface area contributed by atoms with Crippen LogP contribution >= 0.6 is 0 Å². The molecule has 0 aromatic heterocycles. The highest BCUT2D eigenvalue weighted by Crippen LogP contribution is 2.35. The fourth-order valence-corrected chi connectivity index (χ4v) is 5.05. The molecule has 150 valence electrons. The van der Waals surface area contributed by atoms with Gasteiger partial charge in [-0.05, 0) is 55.3 Å². The summed E-state index contributed by atoms with van der Waals surface area (Å²) in [6, 6.07) is 2.63. The number of carbonyl (C=O) groups excluding carboxylic acids is 1. The number of anilines is 1. The predicted octanol–water partition coefficient (Wildman–Crippen LogP) is 1.62. The van der Waals surface area contributed by atoms with Crippen molar-refractivity contribution in [2.45, 2.75) is 33.1 Å². The Kier molecular flexibility index (Phi) is 5.62. The minimum absolute atomic E-state index is 0.474. The molecule has 2 fully saturated rings. The normalized spacial score (nSPS) is 22.6. The average Bonchev–Trinajstić information content (AvgIpc) is 3.07. The van der Waals surface area contributed by atoms with Crippen molar-refractivity contribution in [1.82, 2.24) is 9.62 Å². The monoisotopic (exact) mass is 399 g/mol.